The monoisotopic (exact) mass is 274 g/mol. The Morgan fingerprint density at radius 2 is 2.29 bits per heavy atom. The Kier molecular flexibility index (Phi) is 2.76. The highest BCUT2D eigenvalue weighted by molar-refractivity contribution is 9.10. The van der Waals surface area contributed by atoms with Crippen LogP contribution in [0.5, 0.6) is 0 Å². The van der Waals surface area contributed by atoms with E-state index in [2.05, 4.69) is 26.6 Å². The van der Waals surface area contributed by atoms with Crippen LogP contribution in [0.3, 0.4) is 0 Å². The predicted molar refractivity (Wildman–Crippen MR) is 58.0 cm³/mol. The molecule has 3 nitrogen and oxygen atoms in total. The maximum absolute atomic E-state index is 11.0. The third-order valence-electron chi connectivity index (χ3n) is 2.05. The zero-order valence-electron chi connectivity index (χ0n) is 7.18. The molecule has 1 heterocycles. The van der Waals surface area contributed by atoms with E-state index in [1.807, 2.05) is 18.2 Å². The number of nitrogens with one attached hydrogen (secondary N) is 2. The largest absolute Gasteiger partial charge is 0.336 e. The summed E-state index contributed by atoms with van der Waals surface area (Å²) in [4.78, 5) is 11.0. The average molecular weight is 276 g/mol. The number of amides is 1. The Morgan fingerprint density at radius 1 is 1.50 bits per heavy atom. The minimum absolute atomic E-state index is 0.00557. The fraction of sp³-hybridized carbons (Fsp3) is 0.222. The highest BCUT2D eigenvalue weighted by atomic mass is 79.9. The van der Waals surface area contributed by atoms with E-state index in [1.54, 1.807) is 0 Å². The first kappa shape index (κ1) is 9.96. The van der Waals surface area contributed by atoms with Gasteiger partial charge in [-0.25, -0.2) is 0 Å². The van der Waals surface area contributed by atoms with Crippen LogP contribution in [-0.4, -0.2) is 12.5 Å². The fourth-order valence-electron chi connectivity index (χ4n) is 1.38. The molecule has 14 heavy (non-hydrogen) atoms. The Morgan fingerprint density at radius 3 is 2.86 bits per heavy atom. The molecule has 1 aliphatic heterocycles. The lowest BCUT2D eigenvalue weighted by molar-refractivity contribution is -0.118. The molecule has 1 atom stereocenters. The normalized spacial score (nSPS) is 21.0. The minimum Gasteiger partial charge on any atom is -0.336 e. The molecule has 1 aliphatic rings. The van der Waals surface area contributed by atoms with Crippen molar-refractivity contribution in [1.82, 2.24) is 10.6 Å². The van der Waals surface area contributed by atoms with Crippen LogP contribution < -0.4 is 10.6 Å². The molecule has 1 unspecified atom stereocenters. The molecular formula is C9H8BrClN2O. The van der Waals surface area contributed by atoms with E-state index in [0.717, 1.165) is 10.0 Å². The van der Waals surface area contributed by atoms with Crippen LogP contribution >= 0.6 is 27.5 Å². The van der Waals surface area contributed by atoms with Crippen molar-refractivity contribution >= 4 is 33.4 Å². The molecule has 1 amide bonds. The summed E-state index contributed by atoms with van der Waals surface area (Å²) < 4.78 is 0.926. The zero-order chi connectivity index (χ0) is 10.1. The molecule has 0 bridgehead atoms. The Bertz CT molecular complexity index is 383. The molecule has 0 saturated carbocycles. The van der Waals surface area contributed by atoms with Crippen LogP contribution in [0.25, 0.3) is 0 Å². The van der Waals surface area contributed by atoms with Crippen molar-refractivity contribution in [3.63, 3.8) is 0 Å². The summed E-state index contributed by atoms with van der Waals surface area (Å²) in [6, 6.07) is 5.59. The third kappa shape index (κ3) is 1.92. The van der Waals surface area contributed by atoms with Gasteiger partial charge in [0.15, 0.2) is 0 Å². The third-order valence-corrected chi connectivity index (χ3v) is 2.87. The Balaban J connectivity index is 2.28. The van der Waals surface area contributed by atoms with Gasteiger partial charge in [-0.2, -0.15) is 0 Å². The van der Waals surface area contributed by atoms with Gasteiger partial charge in [0.25, 0.3) is 0 Å². The van der Waals surface area contributed by atoms with Gasteiger partial charge < -0.3 is 5.32 Å². The molecule has 2 N–H and O–H groups in total. The molecule has 0 aliphatic carbocycles. The minimum atomic E-state index is -0.164. The van der Waals surface area contributed by atoms with Gasteiger partial charge in [-0.3, -0.25) is 10.1 Å². The molecular weight excluding hydrogens is 267 g/mol. The van der Waals surface area contributed by atoms with E-state index in [-0.39, 0.29) is 12.1 Å². The van der Waals surface area contributed by atoms with Gasteiger partial charge >= 0.3 is 0 Å². The lowest BCUT2D eigenvalue weighted by Crippen LogP contribution is -2.22. The van der Waals surface area contributed by atoms with Crippen molar-refractivity contribution in [2.45, 2.75) is 6.17 Å². The molecule has 0 radical (unpaired) electrons. The van der Waals surface area contributed by atoms with Crippen LogP contribution in [0.2, 0.25) is 5.02 Å². The van der Waals surface area contributed by atoms with Gasteiger partial charge in [-0.1, -0.05) is 33.6 Å². The number of hydrogen-bond acceptors (Lipinski definition) is 2. The summed E-state index contributed by atoms with van der Waals surface area (Å²) in [5.41, 5.74) is 0.890. The Labute approximate surface area is 95.0 Å². The van der Waals surface area contributed by atoms with Crippen LogP contribution in [0, 0.1) is 0 Å². The predicted octanol–water partition coefficient (Wildman–Crippen LogP) is 1.82. The molecule has 74 valence electrons. The van der Waals surface area contributed by atoms with Crippen molar-refractivity contribution in [3.8, 4) is 0 Å². The topological polar surface area (TPSA) is 41.1 Å². The molecule has 1 fully saturated rings. The first-order valence-corrected chi connectivity index (χ1v) is 5.31. The summed E-state index contributed by atoms with van der Waals surface area (Å²) >= 11 is 9.36. The van der Waals surface area contributed by atoms with Gasteiger partial charge in [0.2, 0.25) is 5.91 Å². The quantitative estimate of drug-likeness (QED) is 0.821. The zero-order valence-corrected chi connectivity index (χ0v) is 9.52. The van der Waals surface area contributed by atoms with E-state index < -0.39 is 0 Å². The second-order valence-electron chi connectivity index (χ2n) is 3.05. The molecule has 0 aromatic heterocycles. The number of benzene rings is 1. The summed E-state index contributed by atoms with van der Waals surface area (Å²) in [5.74, 6) is -0.00557. The molecule has 5 heteroatoms. The van der Waals surface area contributed by atoms with E-state index in [1.165, 1.54) is 0 Å². The number of halogens is 2. The van der Waals surface area contributed by atoms with E-state index >= 15 is 0 Å². The first-order valence-electron chi connectivity index (χ1n) is 4.14. The van der Waals surface area contributed by atoms with Crippen molar-refractivity contribution in [2.75, 3.05) is 6.54 Å². The molecule has 1 aromatic carbocycles. The van der Waals surface area contributed by atoms with Gasteiger partial charge in [-0.05, 0) is 12.1 Å². The lowest BCUT2D eigenvalue weighted by Gasteiger charge is -2.12. The second kappa shape index (κ2) is 3.88. The van der Waals surface area contributed by atoms with Crippen molar-refractivity contribution < 1.29 is 4.79 Å². The van der Waals surface area contributed by atoms with Crippen molar-refractivity contribution in [2.24, 2.45) is 0 Å². The number of carbonyl (C=O) groups is 1. The van der Waals surface area contributed by atoms with Crippen molar-refractivity contribution in [1.29, 1.82) is 0 Å². The molecule has 1 saturated heterocycles. The van der Waals surface area contributed by atoms with Gasteiger partial charge in [0, 0.05) is 15.1 Å². The fourth-order valence-corrected chi connectivity index (χ4v) is 2.16. The van der Waals surface area contributed by atoms with Crippen molar-refractivity contribution in [3.05, 3.63) is 33.3 Å². The summed E-state index contributed by atoms with van der Waals surface area (Å²) in [5, 5.41) is 6.44. The second-order valence-corrected chi connectivity index (χ2v) is 4.37. The highest BCUT2D eigenvalue weighted by Crippen LogP contribution is 2.26. The maximum Gasteiger partial charge on any atom is 0.235 e. The van der Waals surface area contributed by atoms with Gasteiger partial charge in [0.1, 0.15) is 6.17 Å². The van der Waals surface area contributed by atoms with E-state index in [4.69, 9.17) is 11.6 Å². The average Bonchev–Trinajstić information content (AvgIpc) is 2.51. The smallest absolute Gasteiger partial charge is 0.235 e. The molecule has 1 aromatic rings. The summed E-state index contributed by atoms with van der Waals surface area (Å²) in [6.45, 7) is 0.344. The maximum atomic E-state index is 11.0. The van der Waals surface area contributed by atoms with Crippen LogP contribution in [0.15, 0.2) is 22.7 Å². The Hall–Kier alpha value is -0.580. The number of hydrogen-bond donors (Lipinski definition) is 2. The van der Waals surface area contributed by atoms with Gasteiger partial charge in [0.05, 0.1) is 6.54 Å². The first-order chi connectivity index (χ1) is 6.66. The van der Waals surface area contributed by atoms with E-state index in [0.29, 0.717) is 11.6 Å². The summed E-state index contributed by atoms with van der Waals surface area (Å²) in [7, 11) is 0. The summed E-state index contributed by atoms with van der Waals surface area (Å²) in [6.07, 6.45) is -0.164. The molecule has 0 spiro atoms. The van der Waals surface area contributed by atoms with Gasteiger partial charge in [-0.15, -0.1) is 0 Å². The van der Waals surface area contributed by atoms with Crippen LogP contribution in [-0.2, 0) is 4.79 Å². The van der Waals surface area contributed by atoms with E-state index in [9.17, 15) is 4.79 Å². The highest BCUT2D eigenvalue weighted by Gasteiger charge is 2.22. The standard InChI is InChI=1S/C9H8BrClN2O/c10-5-1-2-6(7(11)3-5)9-12-4-8(14)13-9/h1-3,9,12H,4H2,(H,13,14). The van der Waals surface area contributed by atoms with Crippen LogP contribution in [0.4, 0.5) is 0 Å². The van der Waals surface area contributed by atoms with Crippen LogP contribution in [0.1, 0.15) is 11.7 Å². The number of carbonyl (C=O) groups excluding carboxylic acids is 1. The lowest BCUT2D eigenvalue weighted by atomic mass is 10.2. The molecule has 2 rings (SSSR count). The number of rotatable bonds is 1. The SMILES string of the molecule is O=C1CNC(c2ccc(Br)cc2Cl)N1.